The minimum absolute atomic E-state index is 0.0154. The van der Waals surface area contributed by atoms with Crippen LogP contribution in [-0.2, 0) is 14.6 Å². The van der Waals surface area contributed by atoms with Crippen LogP contribution < -0.4 is 10.6 Å². The van der Waals surface area contributed by atoms with Crippen molar-refractivity contribution in [2.75, 3.05) is 18.1 Å². The van der Waals surface area contributed by atoms with Gasteiger partial charge < -0.3 is 10.6 Å². The van der Waals surface area contributed by atoms with Gasteiger partial charge in [0.05, 0.1) is 11.5 Å². The van der Waals surface area contributed by atoms with Gasteiger partial charge in [0, 0.05) is 25.0 Å². The van der Waals surface area contributed by atoms with Crippen LogP contribution in [0.5, 0.6) is 0 Å². The number of hydrogen-bond acceptors (Lipinski definition) is 4. The number of rotatable bonds is 3. The van der Waals surface area contributed by atoms with E-state index in [1.807, 2.05) is 0 Å². The Balaban J connectivity index is 1.82. The summed E-state index contributed by atoms with van der Waals surface area (Å²) in [5.41, 5.74) is 0. The Morgan fingerprint density at radius 2 is 2.00 bits per heavy atom. The summed E-state index contributed by atoms with van der Waals surface area (Å²) in [6.45, 7) is 2.65. The molecule has 0 aromatic heterocycles. The zero-order chi connectivity index (χ0) is 14.6. The van der Waals surface area contributed by atoms with Crippen molar-refractivity contribution in [3.8, 4) is 0 Å². The molecule has 0 spiro atoms. The molecule has 1 amide bonds. The summed E-state index contributed by atoms with van der Waals surface area (Å²) < 4.78 is 23.1. The molecule has 6 heteroatoms. The van der Waals surface area contributed by atoms with Crippen LogP contribution in [-0.4, -0.2) is 44.5 Å². The van der Waals surface area contributed by atoms with Gasteiger partial charge >= 0.3 is 0 Å². The van der Waals surface area contributed by atoms with Gasteiger partial charge in [-0.2, -0.15) is 0 Å². The Labute approximate surface area is 121 Å². The van der Waals surface area contributed by atoms with Crippen molar-refractivity contribution < 1.29 is 13.2 Å². The van der Waals surface area contributed by atoms with Gasteiger partial charge in [-0.1, -0.05) is 26.2 Å². The van der Waals surface area contributed by atoms with Crippen molar-refractivity contribution in [3.63, 3.8) is 0 Å². The highest BCUT2D eigenvalue weighted by atomic mass is 32.2. The highest BCUT2D eigenvalue weighted by Gasteiger charge is 2.27. The number of nitrogens with one attached hydrogen (secondary N) is 2. The Kier molecular flexibility index (Phi) is 5.43. The highest BCUT2D eigenvalue weighted by Crippen LogP contribution is 2.23. The van der Waals surface area contributed by atoms with Gasteiger partial charge in [-0.05, 0) is 18.8 Å². The van der Waals surface area contributed by atoms with Gasteiger partial charge in [0.2, 0.25) is 5.91 Å². The molecule has 1 saturated heterocycles. The average molecular weight is 302 g/mol. The van der Waals surface area contributed by atoms with Crippen molar-refractivity contribution >= 4 is 15.7 Å². The standard InChI is InChI=1S/C14H26N2O3S/c1-11-5-3-2-4-6-13(11)16-14(17)9-12-10-20(18,19)8-7-15-12/h11-13,15H,2-10H2,1H3,(H,16,17). The summed E-state index contributed by atoms with van der Waals surface area (Å²) >= 11 is 0. The molecule has 0 aromatic carbocycles. The molecule has 0 bridgehead atoms. The second-order valence-corrected chi connectivity index (χ2v) is 8.49. The zero-order valence-electron chi connectivity index (χ0n) is 12.2. The minimum atomic E-state index is -2.97. The van der Waals surface area contributed by atoms with E-state index >= 15 is 0 Å². The molecule has 2 N–H and O–H groups in total. The molecule has 0 radical (unpaired) electrons. The normalized spacial score (nSPS) is 34.1. The molecule has 3 unspecified atom stereocenters. The van der Waals surface area contributed by atoms with Crippen molar-refractivity contribution in [1.82, 2.24) is 10.6 Å². The SMILES string of the molecule is CC1CCCCCC1NC(=O)CC1CS(=O)(=O)CCN1. The lowest BCUT2D eigenvalue weighted by Gasteiger charge is -2.26. The summed E-state index contributed by atoms with van der Waals surface area (Å²) in [7, 11) is -2.97. The molecule has 1 saturated carbocycles. The molecule has 1 aliphatic heterocycles. The summed E-state index contributed by atoms with van der Waals surface area (Å²) in [6, 6.07) is 0.0278. The summed E-state index contributed by atoms with van der Waals surface area (Å²) in [5, 5.41) is 6.24. The fourth-order valence-electron chi connectivity index (χ4n) is 3.20. The predicted molar refractivity (Wildman–Crippen MR) is 79.2 cm³/mol. The van der Waals surface area contributed by atoms with Crippen LogP contribution in [0.25, 0.3) is 0 Å². The monoisotopic (exact) mass is 302 g/mol. The smallest absolute Gasteiger partial charge is 0.221 e. The Morgan fingerprint density at radius 1 is 1.25 bits per heavy atom. The van der Waals surface area contributed by atoms with Gasteiger partial charge in [-0.25, -0.2) is 8.42 Å². The van der Waals surface area contributed by atoms with Crippen LogP contribution in [0, 0.1) is 5.92 Å². The van der Waals surface area contributed by atoms with E-state index in [2.05, 4.69) is 17.6 Å². The zero-order valence-corrected chi connectivity index (χ0v) is 13.0. The first-order valence-corrected chi connectivity index (χ1v) is 9.51. The van der Waals surface area contributed by atoms with Crippen molar-refractivity contribution in [1.29, 1.82) is 0 Å². The third-order valence-corrected chi connectivity index (χ3v) is 6.18. The van der Waals surface area contributed by atoms with E-state index in [4.69, 9.17) is 0 Å². The van der Waals surface area contributed by atoms with Gasteiger partial charge in [-0.15, -0.1) is 0 Å². The van der Waals surface area contributed by atoms with E-state index in [-0.39, 0.29) is 35.9 Å². The lowest BCUT2D eigenvalue weighted by molar-refractivity contribution is -0.122. The topological polar surface area (TPSA) is 75.3 Å². The number of carbonyl (C=O) groups excluding carboxylic acids is 1. The molecule has 2 fully saturated rings. The Bertz CT molecular complexity index is 436. The van der Waals surface area contributed by atoms with E-state index in [1.165, 1.54) is 25.7 Å². The molecule has 2 rings (SSSR count). The molecule has 3 atom stereocenters. The van der Waals surface area contributed by atoms with Gasteiger partial charge in [0.1, 0.15) is 0 Å². The maximum absolute atomic E-state index is 12.1. The van der Waals surface area contributed by atoms with Crippen LogP contribution >= 0.6 is 0 Å². The fourth-order valence-corrected chi connectivity index (χ4v) is 4.64. The van der Waals surface area contributed by atoms with Crippen LogP contribution in [0.3, 0.4) is 0 Å². The molecule has 0 aromatic rings. The lowest BCUT2D eigenvalue weighted by atomic mass is 9.96. The quantitative estimate of drug-likeness (QED) is 0.758. The molecule has 1 heterocycles. The number of carbonyl (C=O) groups is 1. The van der Waals surface area contributed by atoms with E-state index in [1.54, 1.807) is 0 Å². The fraction of sp³-hybridized carbons (Fsp3) is 0.929. The Hall–Kier alpha value is -0.620. The van der Waals surface area contributed by atoms with E-state index in [9.17, 15) is 13.2 Å². The third kappa shape index (κ3) is 4.74. The molecular formula is C14H26N2O3S. The maximum atomic E-state index is 12.1. The minimum Gasteiger partial charge on any atom is -0.353 e. The average Bonchev–Trinajstić information content (AvgIpc) is 2.53. The maximum Gasteiger partial charge on any atom is 0.221 e. The molecule has 116 valence electrons. The summed E-state index contributed by atoms with van der Waals surface area (Å²) in [6.07, 6.45) is 6.15. The van der Waals surface area contributed by atoms with Gasteiger partial charge in [-0.3, -0.25) is 4.79 Å². The van der Waals surface area contributed by atoms with Crippen LogP contribution in [0.4, 0.5) is 0 Å². The summed E-state index contributed by atoms with van der Waals surface area (Å²) in [5.74, 6) is 0.772. The predicted octanol–water partition coefficient (Wildman–Crippen LogP) is 0.848. The second-order valence-electron chi connectivity index (χ2n) is 6.26. The van der Waals surface area contributed by atoms with Crippen molar-refractivity contribution in [3.05, 3.63) is 0 Å². The Morgan fingerprint density at radius 3 is 2.75 bits per heavy atom. The van der Waals surface area contributed by atoms with E-state index in [0.717, 1.165) is 6.42 Å². The largest absolute Gasteiger partial charge is 0.353 e. The number of hydrogen-bond donors (Lipinski definition) is 2. The van der Waals surface area contributed by atoms with Crippen molar-refractivity contribution in [2.24, 2.45) is 5.92 Å². The van der Waals surface area contributed by atoms with Crippen molar-refractivity contribution in [2.45, 2.75) is 57.5 Å². The molecule has 20 heavy (non-hydrogen) atoms. The van der Waals surface area contributed by atoms with E-state index in [0.29, 0.717) is 12.5 Å². The lowest BCUT2D eigenvalue weighted by Crippen LogP contribution is -2.48. The molecule has 5 nitrogen and oxygen atoms in total. The van der Waals surface area contributed by atoms with Crippen LogP contribution in [0.2, 0.25) is 0 Å². The molecule has 2 aliphatic rings. The van der Waals surface area contributed by atoms with Crippen LogP contribution in [0.1, 0.15) is 45.4 Å². The van der Waals surface area contributed by atoms with Gasteiger partial charge in [0.25, 0.3) is 0 Å². The second kappa shape index (κ2) is 6.89. The molecular weight excluding hydrogens is 276 g/mol. The van der Waals surface area contributed by atoms with Gasteiger partial charge in [0.15, 0.2) is 9.84 Å². The first-order chi connectivity index (χ1) is 9.46. The number of amides is 1. The van der Waals surface area contributed by atoms with Crippen LogP contribution in [0.15, 0.2) is 0 Å². The third-order valence-electron chi connectivity index (χ3n) is 4.44. The highest BCUT2D eigenvalue weighted by molar-refractivity contribution is 7.91. The first-order valence-electron chi connectivity index (χ1n) is 7.69. The van der Waals surface area contributed by atoms with E-state index < -0.39 is 9.84 Å². The summed E-state index contributed by atoms with van der Waals surface area (Å²) in [4.78, 5) is 12.1. The number of sulfone groups is 1. The molecule has 1 aliphatic carbocycles. The first kappa shape index (κ1) is 15.8.